The second-order valence-corrected chi connectivity index (χ2v) is 5.96. The van der Waals surface area contributed by atoms with Gasteiger partial charge in [-0.1, -0.05) is 5.16 Å². The second-order valence-electron chi connectivity index (χ2n) is 5.96. The molecule has 1 aliphatic heterocycles. The first kappa shape index (κ1) is 16.9. The first-order valence-corrected chi connectivity index (χ1v) is 8.13. The Morgan fingerprint density at radius 3 is 2.67 bits per heavy atom. The normalized spacial score (nSPS) is 17.8. The van der Waals surface area contributed by atoms with Crippen molar-refractivity contribution in [2.75, 3.05) is 20.2 Å². The number of piperidine rings is 1. The first-order valence-electron chi connectivity index (χ1n) is 8.13. The van der Waals surface area contributed by atoms with Gasteiger partial charge in [-0.3, -0.25) is 4.90 Å². The van der Waals surface area contributed by atoms with Crippen LogP contribution in [0.25, 0.3) is 0 Å². The van der Waals surface area contributed by atoms with Crippen molar-refractivity contribution in [1.82, 2.24) is 15.0 Å². The molecule has 0 radical (unpaired) electrons. The van der Waals surface area contributed by atoms with E-state index >= 15 is 0 Å². The molecule has 0 saturated carbocycles. The number of aromatic nitrogens is 2. The minimum Gasteiger partial charge on any atom is -0.490 e. The molecule has 1 unspecified atom stereocenters. The third kappa shape index (κ3) is 4.10. The van der Waals surface area contributed by atoms with Gasteiger partial charge in [0.1, 0.15) is 24.3 Å². The van der Waals surface area contributed by atoms with Gasteiger partial charge in [-0.15, -0.1) is 0 Å². The number of methoxy groups -OCH3 is 1. The standard InChI is InChI=1S/C17H22FN3O3/c1-12(17-19-16(11-22-2)20-24-17)21-9-7-15(8-10-21)23-14-5-3-13(18)4-6-14/h3-6,12,15H,7-11H2,1-2H3. The van der Waals surface area contributed by atoms with Gasteiger partial charge in [-0.05, 0) is 44.0 Å². The second kappa shape index (κ2) is 7.72. The highest BCUT2D eigenvalue weighted by Gasteiger charge is 2.27. The van der Waals surface area contributed by atoms with Crippen molar-refractivity contribution < 1.29 is 18.4 Å². The summed E-state index contributed by atoms with van der Waals surface area (Å²) < 4.78 is 29.2. The fourth-order valence-electron chi connectivity index (χ4n) is 2.87. The van der Waals surface area contributed by atoms with E-state index in [2.05, 4.69) is 22.0 Å². The van der Waals surface area contributed by atoms with Crippen LogP contribution in [0, 0.1) is 5.82 Å². The van der Waals surface area contributed by atoms with Gasteiger partial charge in [0.25, 0.3) is 0 Å². The van der Waals surface area contributed by atoms with Gasteiger partial charge >= 0.3 is 0 Å². The minimum absolute atomic E-state index is 0.0647. The van der Waals surface area contributed by atoms with Crippen LogP contribution in [0.4, 0.5) is 4.39 Å². The van der Waals surface area contributed by atoms with E-state index in [1.807, 2.05) is 0 Å². The summed E-state index contributed by atoms with van der Waals surface area (Å²) in [7, 11) is 1.60. The van der Waals surface area contributed by atoms with Gasteiger partial charge in [-0.25, -0.2) is 4.39 Å². The summed E-state index contributed by atoms with van der Waals surface area (Å²) in [5.74, 6) is 1.64. The molecule has 1 aromatic heterocycles. The number of nitrogens with zero attached hydrogens (tertiary/aromatic N) is 3. The molecular weight excluding hydrogens is 313 g/mol. The summed E-state index contributed by atoms with van der Waals surface area (Å²) >= 11 is 0. The molecule has 0 aliphatic carbocycles. The molecule has 1 atom stereocenters. The fourth-order valence-corrected chi connectivity index (χ4v) is 2.87. The number of hydrogen-bond donors (Lipinski definition) is 0. The molecule has 0 spiro atoms. The van der Waals surface area contributed by atoms with Crippen LogP contribution in [0.15, 0.2) is 28.8 Å². The zero-order valence-electron chi connectivity index (χ0n) is 13.9. The average Bonchev–Trinajstić information content (AvgIpc) is 3.06. The molecule has 1 fully saturated rings. The van der Waals surface area contributed by atoms with Crippen LogP contribution in [0.2, 0.25) is 0 Å². The zero-order chi connectivity index (χ0) is 16.9. The predicted octanol–water partition coefficient (Wildman–Crippen LogP) is 2.96. The maximum absolute atomic E-state index is 12.9. The fraction of sp³-hybridized carbons (Fsp3) is 0.529. The summed E-state index contributed by atoms with van der Waals surface area (Å²) in [6.45, 7) is 4.18. The van der Waals surface area contributed by atoms with Gasteiger partial charge in [0.2, 0.25) is 5.89 Å². The van der Waals surface area contributed by atoms with Crippen LogP contribution in [0.5, 0.6) is 5.75 Å². The molecule has 3 rings (SSSR count). The van der Waals surface area contributed by atoms with Crippen molar-refractivity contribution in [2.24, 2.45) is 0 Å². The predicted molar refractivity (Wildman–Crippen MR) is 85.0 cm³/mol. The van der Waals surface area contributed by atoms with E-state index in [1.165, 1.54) is 12.1 Å². The summed E-state index contributed by atoms with van der Waals surface area (Å²) in [4.78, 5) is 6.66. The van der Waals surface area contributed by atoms with Gasteiger partial charge in [0, 0.05) is 20.2 Å². The van der Waals surface area contributed by atoms with E-state index in [4.69, 9.17) is 14.0 Å². The maximum Gasteiger partial charge on any atom is 0.243 e. The Labute approximate surface area is 140 Å². The summed E-state index contributed by atoms with van der Waals surface area (Å²) in [6.07, 6.45) is 1.95. The Kier molecular flexibility index (Phi) is 5.42. The minimum atomic E-state index is -0.251. The van der Waals surface area contributed by atoms with Crippen molar-refractivity contribution in [3.63, 3.8) is 0 Å². The molecular formula is C17H22FN3O3. The molecule has 0 N–H and O–H groups in total. The van der Waals surface area contributed by atoms with E-state index in [9.17, 15) is 4.39 Å². The molecule has 2 aromatic rings. The average molecular weight is 335 g/mol. The van der Waals surface area contributed by atoms with E-state index in [0.717, 1.165) is 25.9 Å². The third-order valence-electron chi connectivity index (χ3n) is 4.26. The Bertz CT molecular complexity index is 639. The molecule has 1 aromatic carbocycles. The maximum atomic E-state index is 12.9. The Balaban J connectivity index is 1.51. The lowest BCUT2D eigenvalue weighted by molar-refractivity contribution is 0.0700. The van der Waals surface area contributed by atoms with Crippen LogP contribution in [0.1, 0.15) is 37.5 Å². The van der Waals surface area contributed by atoms with Crippen molar-refractivity contribution >= 4 is 0 Å². The van der Waals surface area contributed by atoms with Gasteiger partial charge in [0.15, 0.2) is 5.82 Å². The van der Waals surface area contributed by atoms with Gasteiger partial charge in [0.05, 0.1) is 6.04 Å². The number of benzene rings is 1. The van der Waals surface area contributed by atoms with Gasteiger partial charge in [-0.2, -0.15) is 4.98 Å². The highest BCUT2D eigenvalue weighted by molar-refractivity contribution is 5.22. The Hall–Kier alpha value is -1.99. The van der Waals surface area contributed by atoms with Crippen molar-refractivity contribution in [2.45, 2.75) is 38.5 Å². The molecule has 0 bridgehead atoms. The lowest BCUT2D eigenvalue weighted by Gasteiger charge is -2.34. The van der Waals surface area contributed by atoms with Gasteiger partial charge < -0.3 is 14.0 Å². The highest BCUT2D eigenvalue weighted by Crippen LogP contribution is 2.25. The van der Waals surface area contributed by atoms with Crippen LogP contribution < -0.4 is 4.74 Å². The Morgan fingerprint density at radius 1 is 1.29 bits per heavy atom. The molecule has 2 heterocycles. The summed E-state index contributed by atoms with van der Waals surface area (Å²) in [6, 6.07) is 6.23. The molecule has 6 nitrogen and oxygen atoms in total. The number of ether oxygens (including phenoxy) is 2. The molecule has 7 heteroatoms. The Morgan fingerprint density at radius 2 is 2.00 bits per heavy atom. The van der Waals surface area contributed by atoms with E-state index in [-0.39, 0.29) is 18.0 Å². The lowest BCUT2D eigenvalue weighted by Crippen LogP contribution is -2.39. The first-order chi connectivity index (χ1) is 11.7. The largest absolute Gasteiger partial charge is 0.490 e. The third-order valence-corrected chi connectivity index (χ3v) is 4.26. The van der Waals surface area contributed by atoms with E-state index in [1.54, 1.807) is 19.2 Å². The SMILES string of the molecule is COCc1noc(C(C)N2CCC(Oc3ccc(F)cc3)CC2)n1. The monoisotopic (exact) mass is 335 g/mol. The summed E-state index contributed by atoms with van der Waals surface area (Å²) in [5.41, 5.74) is 0. The molecule has 1 saturated heterocycles. The quantitative estimate of drug-likeness (QED) is 0.809. The van der Waals surface area contributed by atoms with Crippen LogP contribution in [-0.2, 0) is 11.3 Å². The number of halogens is 1. The molecule has 0 amide bonds. The van der Waals surface area contributed by atoms with Crippen LogP contribution in [0.3, 0.4) is 0 Å². The molecule has 1 aliphatic rings. The highest BCUT2D eigenvalue weighted by atomic mass is 19.1. The van der Waals surface area contributed by atoms with Crippen molar-refractivity contribution in [3.8, 4) is 5.75 Å². The van der Waals surface area contributed by atoms with E-state index in [0.29, 0.717) is 24.1 Å². The zero-order valence-corrected chi connectivity index (χ0v) is 13.9. The van der Waals surface area contributed by atoms with Crippen LogP contribution >= 0.6 is 0 Å². The smallest absolute Gasteiger partial charge is 0.243 e. The van der Waals surface area contributed by atoms with Crippen molar-refractivity contribution in [3.05, 3.63) is 41.8 Å². The topological polar surface area (TPSA) is 60.6 Å². The van der Waals surface area contributed by atoms with Crippen LogP contribution in [-0.4, -0.2) is 41.3 Å². The van der Waals surface area contributed by atoms with Crippen molar-refractivity contribution in [1.29, 1.82) is 0 Å². The number of hydrogen-bond acceptors (Lipinski definition) is 6. The number of likely N-dealkylation sites (tertiary alicyclic amines) is 1. The number of rotatable bonds is 6. The van der Waals surface area contributed by atoms with E-state index < -0.39 is 0 Å². The lowest BCUT2D eigenvalue weighted by atomic mass is 10.1. The molecule has 130 valence electrons. The summed E-state index contributed by atoms with van der Waals surface area (Å²) in [5, 5.41) is 3.91. The molecule has 24 heavy (non-hydrogen) atoms.